The van der Waals surface area contributed by atoms with E-state index in [0.29, 0.717) is 0 Å². The number of hydrogen-bond donors (Lipinski definition) is 1. The Morgan fingerprint density at radius 2 is 2.18 bits per heavy atom. The minimum atomic E-state index is 0.740. The molecule has 3 rings (SSSR count). The summed E-state index contributed by atoms with van der Waals surface area (Å²) < 4.78 is 0. The molecule has 3 saturated heterocycles. The lowest BCUT2D eigenvalue weighted by atomic mass is 9.99. The molecule has 0 amide bonds. The van der Waals surface area contributed by atoms with Crippen molar-refractivity contribution in [3.8, 4) is 0 Å². The average molecular weight is 255 g/mol. The van der Waals surface area contributed by atoms with E-state index in [1.54, 1.807) is 0 Å². The van der Waals surface area contributed by atoms with Crippen LogP contribution in [-0.4, -0.2) is 72.7 Å². The molecule has 0 radical (unpaired) electrons. The van der Waals surface area contributed by atoms with Crippen LogP contribution in [-0.2, 0) is 0 Å². The van der Waals surface area contributed by atoms with E-state index >= 15 is 0 Å². The van der Waals surface area contributed by atoms with Crippen LogP contribution in [0.15, 0.2) is 0 Å². The Labute approximate surface area is 109 Å². The van der Waals surface area contributed by atoms with Gasteiger partial charge < -0.3 is 5.32 Å². The van der Waals surface area contributed by atoms with Crippen molar-refractivity contribution in [2.24, 2.45) is 0 Å². The molecule has 3 aliphatic rings. The molecule has 0 aromatic rings. The van der Waals surface area contributed by atoms with Gasteiger partial charge in [0.2, 0.25) is 0 Å². The number of piperidine rings is 1. The minimum absolute atomic E-state index is 0.740. The van der Waals surface area contributed by atoms with Crippen LogP contribution in [0, 0.1) is 0 Å². The third-order valence-electron chi connectivity index (χ3n) is 4.40. The van der Waals surface area contributed by atoms with Crippen molar-refractivity contribution in [3.05, 3.63) is 0 Å². The summed E-state index contributed by atoms with van der Waals surface area (Å²) in [6, 6.07) is 1.61. The molecular weight excluding hydrogens is 230 g/mol. The summed E-state index contributed by atoms with van der Waals surface area (Å²) in [7, 11) is 0. The Bertz CT molecular complexity index is 241. The molecule has 0 aromatic carbocycles. The normalized spacial score (nSPS) is 36.7. The first kappa shape index (κ1) is 12.3. The van der Waals surface area contributed by atoms with Gasteiger partial charge in [0, 0.05) is 56.3 Å². The highest BCUT2D eigenvalue weighted by atomic mass is 32.2. The predicted molar refractivity (Wildman–Crippen MR) is 74.8 cm³/mol. The van der Waals surface area contributed by atoms with Crippen LogP contribution in [0.3, 0.4) is 0 Å². The molecule has 3 nitrogen and oxygen atoms in total. The molecule has 0 bridgehead atoms. The highest BCUT2D eigenvalue weighted by Gasteiger charge is 2.29. The molecule has 17 heavy (non-hydrogen) atoms. The van der Waals surface area contributed by atoms with E-state index in [0.717, 1.165) is 12.1 Å². The van der Waals surface area contributed by atoms with Crippen LogP contribution in [0.1, 0.15) is 19.3 Å². The van der Waals surface area contributed by atoms with Crippen molar-refractivity contribution in [1.29, 1.82) is 0 Å². The molecule has 0 aliphatic carbocycles. The second-order valence-corrected chi connectivity index (χ2v) is 6.82. The Morgan fingerprint density at radius 1 is 1.18 bits per heavy atom. The maximum Gasteiger partial charge on any atom is 0.0285 e. The van der Waals surface area contributed by atoms with Crippen LogP contribution >= 0.6 is 11.8 Å². The van der Waals surface area contributed by atoms with Gasteiger partial charge in [0.05, 0.1) is 0 Å². The van der Waals surface area contributed by atoms with E-state index in [2.05, 4.69) is 26.9 Å². The van der Waals surface area contributed by atoms with Gasteiger partial charge in [-0.1, -0.05) is 6.42 Å². The number of piperazine rings is 1. The van der Waals surface area contributed by atoms with Crippen molar-refractivity contribution in [3.63, 3.8) is 0 Å². The lowest BCUT2D eigenvalue weighted by molar-refractivity contribution is 0.0459. The number of nitrogens with zero attached hydrogens (tertiary/aromatic N) is 2. The summed E-state index contributed by atoms with van der Waals surface area (Å²) in [6.45, 7) is 7.76. The standard InChI is InChI=1S/C13H25N3S/c1-2-5-16-7-6-15(10-13(16)3-1)9-12-11-17-8-4-14-12/h12-14H,1-11H2. The molecule has 3 heterocycles. The molecule has 98 valence electrons. The topological polar surface area (TPSA) is 18.5 Å². The van der Waals surface area contributed by atoms with Crippen molar-refractivity contribution < 1.29 is 0 Å². The zero-order valence-electron chi connectivity index (χ0n) is 10.7. The first-order valence-corrected chi connectivity index (χ1v) is 8.35. The molecular formula is C13H25N3S. The van der Waals surface area contributed by atoms with Gasteiger partial charge in [-0.05, 0) is 19.4 Å². The third kappa shape index (κ3) is 3.16. The van der Waals surface area contributed by atoms with Gasteiger partial charge in [0.1, 0.15) is 0 Å². The SMILES string of the molecule is C1CCN2CCN(CC3CSCCN3)CC2C1. The third-order valence-corrected chi connectivity index (χ3v) is 5.53. The summed E-state index contributed by atoms with van der Waals surface area (Å²) in [5.74, 6) is 2.61. The number of thioether (sulfide) groups is 1. The van der Waals surface area contributed by atoms with E-state index in [-0.39, 0.29) is 0 Å². The molecule has 4 heteroatoms. The van der Waals surface area contributed by atoms with Gasteiger partial charge in [0.25, 0.3) is 0 Å². The predicted octanol–water partition coefficient (Wildman–Crippen LogP) is 0.862. The van der Waals surface area contributed by atoms with Gasteiger partial charge >= 0.3 is 0 Å². The van der Waals surface area contributed by atoms with Gasteiger partial charge in [-0.15, -0.1) is 0 Å². The van der Waals surface area contributed by atoms with Crippen molar-refractivity contribution in [2.45, 2.75) is 31.3 Å². The summed E-state index contributed by atoms with van der Waals surface area (Å²) in [4.78, 5) is 5.43. The zero-order chi connectivity index (χ0) is 11.5. The van der Waals surface area contributed by atoms with Crippen LogP contribution in [0.2, 0.25) is 0 Å². The Hall–Kier alpha value is 0.230. The molecule has 3 fully saturated rings. The first-order chi connectivity index (χ1) is 8.42. The maximum atomic E-state index is 3.66. The Morgan fingerprint density at radius 3 is 3.06 bits per heavy atom. The van der Waals surface area contributed by atoms with Gasteiger partial charge in [0.15, 0.2) is 0 Å². The molecule has 0 saturated carbocycles. The second kappa shape index (κ2) is 5.91. The van der Waals surface area contributed by atoms with E-state index in [4.69, 9.17) is 0 Å². The van der Waals surface area contributed by atoms with Crippen LogP contribution < -0.4 is 5.32 Å². The van der Waals surface area contributed by atoms with E-state index < -0.39 is 0 Å². The van der Waals surface area contributed by atoms with E-state index in [1.807, 2.05) is 0 Å². The fourth-order valence-electron chi connectivity index (χ4n) is 3.43. The van der Waals surface area contributed by atoms with Crippen LogP contribution in [0.25, 0.3) is 0 Å². The lowest BCUT2D eigenvalue weighted by Gasteiger charge is -2.45. The smallest absolute Gasteiger partial charge is 0.0285 e. The highest BCUT2D eigenvalue weighted by Crippen LogP contribution is 2.21. The molecule has 0 aromatic heterocycles. The zero-order valence-corrected chi connectivity index (χ0v) is 11.6. The fraction of sp³-hybridized carbons (Fsp3) is 1.00. The first-order valence-electron chi connectivity index (χ1n) is 7.19. The van der Waals surface area contributed by atoms with Crippen LogP contribution in [0.4, 0.5) is 0 Å². The molecule has 1 N–H and O–H groups in total. The number of fused-ring (bicyclic) bond motifs is 1. The van der Waals surface area contributed by atoms with Crippen molar-refractivity contribution in [2.75, 3.05) is 50.8 Å². The molecule has 3 aliphatic heterocycles. The maximum absolute atomic E-state index is 3.66. The Balaban J connectivity index is 1.48. The van der Waals surface area contributed by atoms with E-state index in [1.165, 1.54) is 70.0 Å². The molecule has 2 unspecified atom stereocenters. The van der Waals surface area contributed by atoms with Crippen molar-refractivity contribution >= 4 is 11.8 Å². The minimum Gasteiger partial charge on any atom is -0.311 e. The van der Waals surface area contributed by atoms with Gasteiger partial charge in [-0.3, -0.25) is 9.80 Å². The Kier molecular flexibility index (Phi) is 4.27. The summed E-state index contributed by atoms with van der Waals surface area (Å²) >= 11 is 2.11. The highest BCUT2D eigenvalue weighted by molar-refractivity contribution is 7.99. The second-order valence-electron chi connectivity index (χ2n) is 5.67. The van der Waals surface area contributed by atoms with Gasteiger partial charge in [-0.2, -0.15) is 11.8 Å². The number of nitrogens with one attached hydrogen (secondary N) is 1. The quantitative estimate of drug-likeness (QED) is 0.788. The van der Waals surface area contributed by atoms with E-state index in [9.17, 15) is 0 Å². The largest absolute Gasteiger partial charge is 0.311 e. The summed E-state index contributed by atoms with van der Waals surface area (Å²) in [6.07, 6.45) is 4.31. The van der Waals surface area contributed by atoms with Crippen molar-refractivity contribution in [1.82, 2.24) is 15.1 Å². The van der Waals surface area contributed by atoms with Gasteiger partial charge in [-0.25, -0.2) is 0 Å². The summed E-state index contributed by atoms with van der Waals surface area (Å²) in [5, 5.41) is 3.66. The fourth-order valence-corrected chi connectivity index (χ4v) is 4.37. The summed E-state index contributed by atoms with van der Waals surface area (Å²) in [5.41, 5.74) is 0. The number of hydrogen-bond acceptors (Lipinski definition) is 4. The number of rotatable bonds is 2. The monoisotopic (exact) mass is 255 g/mol. The molecule has 0 spiro atoms. The molecule has 2 atom stereocenters. The van der Waals surface area contributed by atoms with Crippen LogP contribution in [0.5, 0.6) is 0 Å². The average Bonchev–Trinajstić information content (AvgIpc) is 2.40. The lowest BCUT2D eigenvalue weighted by Crippen LogP contribution is -2.57.